The lowest BCUT2D eigenvalue weighted by molar-refractivity contribution is -0.380. The van der Waals surface area contributed by atoms with Crippen LogP contribution in [0.5, 0.6) is 0 Å². The van der Waals surface area contributed by atoms with Crippen LogP contribution in [0.4, 0.5) is 0 Å². The maximum absolute atomic E-state index is 11.2. The monoisotopic (exact) mass is 992 g/mol. The fraction of sp³-hybridized carbons (Fsp3) is 1.00. The quantitative estimate of drug-likeness (QED) is 0.0538. The van der Waals surface area contributed by atoms with Crippen LogP contribution in [0, 0.1) is 0 Å². The van der Waals surface area contributed by atoms with E-state index in [-0.39, 0.29) is 0 Å². The zero-order valence-corrected chi connectivity index (χ0v) is 35.2. The van der Waals surface area contributed by atoms with Crippen molar-refractivity contribution in [3.8, 4) is 0 Å². The predicted octanol–water partition coefficient (Wildman–Crippen LogP) is -14.5. The summed E-state index contributed by atoms with van der Waals surface area (Å²) in [5.74, 6) is 0. The van der Waals surface area contributed by atoms with Gasteiger partial charge in [-0.2, -0.15) is 0 Å². The van der Waals surface area contributed by atoms with Crippen molar-refractivity contribution in [1.29, 1.82) is 0 Å². The van der Waals surface area contributed by atoms with Crippen LogP contribution in [0.25, 0.3) is 0 Å². The molecule has 67 heavy (non-hydrogen) atoms. The third kappa shape index (κ3) is 12.3. The molecule has 0 aliphatic carbocycles. The summed E-state index contributed by atoms with van der Waals surface area (Å²) in [6.45, 7) is -6.91. The van der Waals surface area contributed by atoms with Crippen molar-refractivity contribution >= 4 is 0 Å². The summed E-state index contributed by atoms with van der Waals surface area (Å²) in [5, 5.41) is 218. The van der Waals surface area contributed by atoms with Crippen LogP contribution in [0.3, 0.4) is 0 Å². The Balaban J connectivity index is 1.22. The van der Waals surface area contributed by atoms with Crippen molar-refractivity contribution in [2.75, 3.05) is 46.2 Å². The molecule has 0 spiro atoms. The number of aliphatic hydroxyl groups excluding tert-OH is 21. The summed E-state index contributed by atoms with van der Waals surface area (Å²) < 4.78 is 54.6. The van der Waals surface area contributed by atoms with Crippen molar-refractivity contribution in [2.24, 2.45) is 0 Å². The van der Waals surface area contributed by atoms with Crippen LogP contribution < -0.4 is 0 Å². The molecule has 0 bridgehead atoms. The van der Waals surface area contributed by atoms with Gasteiger partial charge in [0.25, 0.3) is 0 Å². The second-order valence-corrected chi connectivity index (χ2v) is 16.6. The van der Waals surface area contributed by atoms with E-state index in [0.717, 1.165) is 0 Å². The molecule has 0 unspecified atom stereocenters. The lowest BCUT2D eigenvalue weighted by Crippen LogP contribution is -2.66. The third-order valence-corrected chi connectivity index (χ3v) is 12.1. The summed E-state index contributed by atoms with van der Waals surface area (Å²) in [6.07, 6.45) is -55.8. The van der Waals surface area contributed by atoms with E-state index >= 15 is 0 Å². The topological polar surface area (TPSA) is 517 Å². The molecule has 0 radical (unpaired) electrons. The average molecular weight is 993 g/mol. The molecule has 29 atom stereocenters. The van der Waals surface area contributed by atoms with Crippen molar-refractivity contribution in [2.45, 2.75) is 178 Å². The van der Waals surface area contributed by atoms with E-state index in [4.69, 9.17) is 47.4 Å². The molecule has 5 aliphatic heterocycles. The van der Waals surface area contributed by atoms with Gasteiger partial charge in [0.15, 0.2) is 31.5 Å². The van der Waals surface area contributed by atoms with Crippen molar-refractivity contribution in [1.82, 2.24) is 0 Å². The van der Waals surface area contributed by atoms with Gasteiger partial charge in [-0.1, -0.05) is 0 Å². The van der Waals surface area contributed by atoms with Gasteiger partial charge in [0.1, 0.15) is 146 Å². The Morgan fingerprint density at radius 3 is 1.03 bits per heavy atom. The molecule has 5 rings (SSSR count). The van der Waals surface area contributed by atoms with Crippen LogP contribution in [0.15, 0.2) is 0 Å². The first-order valence-electron chi connectivity index (χ1n) is 21.1. The van der Waals surface area contributed by atoms with Crippen LogP contribution in [0.2, 0.25) is 0 Å². The fourth-order valence-corrected chi connectivity index (χ4v) is 8.02. The zero-order chi connectivity index (χ0) is 49.8. The summed E-state index contributed by atoms with van der Waals surface area (Å²) in [4.78, 5) is 0. The standard InChI is InChI=1S/C36H64O31/c37-1-8(43)15(45)28(64-35-26(56)21(51)30(13(5-41)62-35)65-33-23(53)18(48)16(46)10(2-38)59-33)9(44)7-58-32-25(55)20(50)29(12(4-40)61-32)67-36-27(57)22(52)31(14(6-42)63-36)66-34-24(54)19(49)17(47)11(3-39)60-34/h8-57H,1-7H2/t8-,9+,10+,11+,12+,13+,14+,15+,16+,17+,18-,19-,20+,21+,22+,23+,24+,25+,26+,27+,28+,29+,30+,31+,32-,33+,34+,35+,36+/m0/s1. The molecule has 0 aromatic rings. The van der Waals surface area contributed by atoms with Crippen molar-refractivity contribution in [3.05, 3.63) is 0 Å². The minimum absolute atomic E-state index is 0.835. The summed E-state index contributed by atoms with van der Waals surface area (Å²) in [6, 6.07) is 0. The SMILES string of the molecule is OC[C@H](O)[C@@H](O)[C@H](O[C@H]1O[C@H](CO)[C@@H](O[C@H]2O[C@H](CO)[C@@H](O)[C@H](O)[C@H]2O)[C@H](O)[C@H]1O)[C@H](O)CO[C@H]1O[C@H](CO)[C@@H](O[C@H]2O[C@H](CO)[C@@H](O[C@H]3O[C@H](CO)[C@@H](O)[C@H](O)[C@H]3O)[C@H](O)[C@H]2O)[C@H](O)[C@H]1O. The van der Waals surface area contributed by atoms with Gasteiger partial charge in [-0.3, -0.25) is 0 Å². The number of hydrogen-bond acceptors (Lipinski definition) is 31. The zero-order valence-electron chi connectivity index (χ0n) is 35.2. The summed E-state index contributed by atoms with van der Waals surface area (Å²) in [5.41, 5.74) is 0. The van der Waals surface area contributed by atoms with Gasteiger partial charge in [0.2, 0.25) is 0 Å². The Morgan fingerprint density at radius 1 is 0.343 bits per heavy atom. The maximum Gasteiger partial charge on any atom is 0.187 e. The molecule has 0 saturated carbocycles. The molecule has 21 N–H and O–H groups in total. The largest absolute Gasteiger partial charge is 0.394 e. The van der Waals surface area contributed by atoms with Gasteiger partial charge in [-0.25, -0.2) is 0 Å². The highest BCUT2D eigenvalue weighted by Gasteiger charge is 2.55. The van der Waals surface area contributed by atoms with Gasteiger partial charge < -0.3 is 155 Å². The first-order valence-corrected chi connectivity index (χ1v) is 21.1. The van der Waals surface area contributed by atoms with Crippen LogP contribution in [-0.2, 0) is 47.4 Å². The minimum atomic E-state index is -2.26. The number of rotatable bonds is 20. The molecule has 5 aliphatic rings. The van der Waals surface area contributed by atoms with E-state index in [9.17, 15) is 107 Å². The molecule has 31 nitrogen and oxygen atoms in total. The number of ether oxygens (including phenoxy) is 10. The second kappa shape index (κ2) is 24.9. The molecular weight excluding hydrogens is 928 g/mol. The van der Waals surface area contributed by atoms with Gasteiger partial charge in [0, 0.05) is 0 Å². The molecule has 5 heterocycles. The first kappa shape index (κ1) is 56.7. The van der Waals surface area contributed by atoms with E-state index in [0.29, 0.717) is 0 Å². The number of hydrogen-bond donors (Lipinski definition) is 21. The highest BCUT2D eigenvalue weighted by molar-refractivity contribution is 4.98. The highest BCUT2D eigenvalue weighted by Crippen LogP contribution is 2.34. The van der Waals surface area contributed by atoms with E-state index < -0.39 is 224 Å². The van der Waals surface area contributed by atoms with Crippen molar-refractivity contribution < 1.29 is 155 Å². The van der Waals surface area contributed by atoms with E-state index in [2.05, 4.69) is 0 Å². The van der Waals surface area contributed by atoms with E-state index in [1.807, 2.05) is 0 Å². The van der Waals surface area contributed by atoms with Crippen LogP contribution in [-0.4, -0.2) is 331 Å². The second-order valence-electron chi connectivity index (χ2n) is 16.6. The lowest BCUT2D eigenvalue weighted by atomic mass is 9.96. The first-order chi connectivity index (χ1) is 31.7. The van der Waals surface area contributed by atoms with Gasteiger partial charge in [-0.15, -0.1) is 0 Å². The summed E-state index contributed by atoms with van der Waals surface area (Å²) >= 11 is 0. The van der Waals surface area contributed by atoms with Crippen LogP contribution >= 0.6 is 0 Å². The van der Waals surface area contributed by atoms with E-state index in [1.54, 1.807) is 0 Å². The molecule has 31 heteroatoms. The van der Waals surface area contributed by atoms with Gasteiger partial charge >= 0.3 is 0 Å². The Labute approximate surface area is 378 Å². The molecule has 5 fully saturated rings. The molecule has 5 saturated heterocycles. The molecule has 0 aromatic carbocycles. The molecule has 394 valence electrons. The van der Waals surface area contributed by atoms with Crippen molar-refractivity contribution in [3.63, 3.8) is 0 Å². The molecule has 0 aromatic heterocycles. The third-order valence-electron chi connectivity index (χ3n) is 12.1. The Morgan fingerprint density at radius 2 is 0.657 bits per heavy atom. The highest BCUT2D eigenvalue weighted by atomic mass is 16.8. The smallest absolute Gasteiger partial charge is 0.187 e. The summed E-state index contributed by atoms with van der Waals surface area (Å²) in [7, 11) is 0. The molecule has 0 amide bonds. The van der Waals surface area contributed by atoms with Crippen LogP contribution in [0.1, 0.15) is 0 Å². The Hall–Kier alpha value is -1.24. The Kier molecular flexibility index (Phi) is 21.1. The average Bonchev–Trinajstić information content (AvgIpc) is 3.32. The van der Waals surface area contributed by atoms with Gasteiger partial charge in [-0.05, 0) is 0 Å². The van der Waals surface area contributed by atoms with Gasteiger partial charge in [0.05, 0.1) is 46.2 Å². The Bertz CT molecular complexity index is 1450. The normalized spacial score (nSPS) is 48.4. The van der Waals surface area contributed by atoms with E-state index in [1.165, 1.54) is 0 Å². The minimum Gasteiger partial charge on any atom is -0.394 e. The predicted molar refractivity (Wildman–Crippen MR) is 201 cm³/mol. The fourth-order valence-electron chi connectivity index (χ4n) is 8.02. The molecular formula is C36H64O31. The number of aliphatic hydroxyl groups is 21. The maximum atomic E-state index is 11.2. The lowest BCUT2D eigenvalue weighted by Gasteiger charge is -2.48.